The van der Waals surface area contributed by atoms with Crippen LogP contribution in [0.1, 0.15) is 54.4 Å². The fraction of sp³-hybridized carbons (Fsp3) is 0.875. The third-order valence-corrected chi connectivity index (χ3v) is 3.25. The highest BCUT2D eigenvalue weighted by atomic mass is 16.2. The van der Waals surface area contributed by atoms with Crippen molar-refractivity contribution < 1.29 is 4.79 Å². The minimum atomic E-state index is -0.205. The van der Waals surface area contributed by atoms with Crippen LogP contribution in [-0.4, -0.2) is 49.0 Å². The van der Waals surface area contributed by atoms with Crippen LogP contribution in [-0.2, 0) is 4.79 Å². The number of hydrogen-bond acceptors (Lipinski definition) is 2. The predicted octanol–water partition coefficient (Wildman–Crippen LogP) is 2.23. The molecule has 0 aromatic carbocycles. The summed E-state index contributed by atoms with van der Waals surface area (Å²) >= 11 is 0. The van der Waals surface area contributed by atoms with Crippen LogP contribution in [0, 0.1) is 5.92 Å². The Hall–Kier alpha value is -1.26. The van der Waals surface area contributed by atoms with Crippen LogP contribution in [0.5, 0.6) is 0 Å². The second kappa shape index (κ2) is 9.64. The molecule has 5 heteroatoms. The van der Waals surface area contributed by atoms with Crippen molar-refractivity contribution >= 4 is 11.9 Å². The molecular formula is C16H34N4O. The number of amides is 1. The van der Waals surface area contributed by atoms with E-state index in [1.54, 1.807) is 0 Å². The van der Waals surface area contributed by atoms with E-state index in [4.69, 9.17) is 0 Å². The Balaban J connectivity index is 4.64. The fourth-order valence-corrected chi connectivity index (χ4v) is 1.98. The molecule has 0 aliphatic heterocycles. The molecule has 0 bridgehead atoms. The lowest BCUT2D eigenvalue weighted by Crippen LogP contribution is -2.48. The average Bonchev–Trinajstić information content (AvgIpc) is 2.36. The van der Waals surface area contributed by atoms with Gasteiger partial charge in [-0.2, -0.15) is 0 Å². The van der Waals surface area contributed by atoms with Crippen molar-refractivity contribution in [3.63, 3.8) is 0 Å². The fourth-order valence-electron chi connectivity index (χ4n) is 1.98. The molecule has 124 valence electrons. The topological polar surface area (TPSA) is 56.7 Å². The van der Waals surface area contributed by atoms with Crippen molar-refractivity contribution in [2.45, 2.75) is 59.9 Å². The third-order valence-electron chi connectivity index (χ3n) is 3.25. The van der Waals surface area contributed by atoms with Crippen molar-refractivity contribution in [3.05, 3.63) is 0 Å². The van der Waals surface area contributed by atoms with Gasteiger partial charge in [-0.1, -0.05) is 26.7 Å². The molecule has 0 radical (unpaired) electrons. The van der Waals surface area contributed by atoms with Crippen molar-refractivity contribution in [2.75, 3.05) is 26.7 Å². The maximum absolute atomic E-state index is 12.0. The molecule has 0 fully saturated rings. The Morgan fingerprint density at radius 2 is 1.76 bits per heavy atom. The van der Waals surface area contributed by atoms with Crippen LogP contribution in [0.4, 0.5) is 0 Å². The first kappa shape index (κ1) is 19.7. The molecule has 21 heavy (non-hydrogen) atoms. The first-order valence-corrected chi connectivity index (χ1v) is 8.03. The van der Waals surface area contributed by atoms with E-state index in [1.165, 1.54) is 0 Å². The van der Waals surface area contributed by atoms with E-state index >= 15 is 0 Å². The van der Waals surface area contributed by atoms with Crippen LogP contribution in [0.2, 0.25) is 0 Å². The minimum absolute atomic E-state index is 0.0122. The maximum Gasteiger partial charge on any atom is 0.240 e. The Kier molecular flexibility index (Phi) is 9.06. The number of hydrogen-bond donors (Lipinski definition) is 2. The lowest BCUT2D eigenvalue weighted by atomic mass is 10.0. The van der Waals surface area contributed by atoms with E-state index in [1.807, 2.05) is 39.6 Å². The van der Waals surface area contributed by atoms with Crippen molar-refractivity contribution in [1.29, 1.82) is 0 Å². The van der Waals surface area contributed by atoms with Gasteiger partial charge in [0.1, 0.15) is 0 Å². The number of aliphatic imine (C=N–C) groups is 1. The van der Waals surface area contributed by atoms with Gasteiger partial charge in [-0.3, -0.25) is 9.79 Å². The molecule has 0 rings (SSSR count). The Morgan fingerprint density at radius 3 is 2.19 bits per heavy atom. The monoisotopic (exact) mass is 298 g/mol. The zero-order chi connectivity index (χ0) is 16.5. The highest BCUT2D eigenvalue weighted by Gasteiger charge is 2.16. The van der Waals surface area contributed by atoms with Gasteiger partial charge in [0.15, 0.2) is 5.96 Å². The molecule has 5 nitrogen and oxygen atoms in total. The van der Waals surface area contributed by atoms with E-state index in [2.05, 4.69) is 29.5 Å². The Morgan fingerprint density at radius 1 is 1.19 bits per heavy atom. The van der Waals surface area contributed by atoms with Crippen LogP contribution in [0.3, 0.4) is 0 Å². The Bertz CT molecular complexity index is 330. The number of rotatable bonds is 7. The number of guanidine groups is 1. The molecule has 0 atom stereocenters. The summed E-state index contributed by atoms with van der Waals surface area (Å²) in [5, 5.41) is 6.22. The molecule has 0 aliphatic carbocycles. The van der Waals surface area contributed by atoms with E-state index in [-0.39, 0.29) is 11.4 Å². The zero-order valence-corrected chi connectivity index (χ0v) is 14.9. The summed E-state index contributed by atoms with van der Waals surface area (Å²) < 4.78 is 0. The molecule has 0 aliphatic rings. The predicted molar refractivity (Wildman–Crippen MR) is 90.6 cm³/mol. The van der Waals surface area contributed by atoms with Crippen LogP contribution >= 0.6 is 0 Å². The van der Waals surface area contributed by atoms with Crippen LogP contribution in [0.15, 0.2) is 4.99 Å². The molecule has 0 saturated heterocycles. The van der Waals surface area contributed by atoms with E-state index < -0.39 is 0 Å². The summed E-state index contributed by atoms with van der Waals surface area (Å²) in [6.45, 7) is 14.3. The number of nitrogens with zero attached hydrogens (tertiary/aromatic N) is 2. The summed E-state index contributed by atoms with van der Waals surface area (Å²) in [7, 11) is 1.90. The summed E-state index contributed by atoms with van der Waals surface area (Å²) in [5.41, 5.74) is -0.205. The highest BCUT2D eigenvalue weighted by Crippen LogP contribution is 2.07. The standard InChI is InChI=1S/C16H34N4O/c1-8-13(9-2)11-18-15(17-10-3)20(7)12-14(21)19-16(4,5)6/h13H,8-12H2,1-7H3,(H,17,18)(H,19,21). The first-order valence-electron chi connectivity index (χ1n) is 8.03. The third kappa shape index (κ3) is 9.32. The smallest absolute Gasteiger partial charge is 0.240 e. The van der Waals surface area contributed by atoms with E-state index in [9.17, 15) is 4.79 Å². The molecule has 0 spiro atoms. The summed E-state index contributed by atoms with van der Waals surface area (Å²) in [4.78, 5) is 18.5. The average molecular weight is 298 g/mol. The van der Waals surface area contributed by atoms with Crippen LogP contribution < -0.4 is 10.6 Å². The quantitative estimate of drug-likeness (QED) is 0.560. The SMILES string of the molecule is CCNC(=NCC(CC)CC)N(C)CC(=O)NC(C)(C)C. The van der Waals surface area contributed by atoms with Gasteiger partial charge in [-0.15, -0.1) is 0 Å². The second-order valence-electron chi connectivity index (χ2n) is 6.53. The molecule has 0 aromatic rings. The largest absolute Gasteiger partial charge is 0.357 e. The van der Waals surface area contributed by atoms with Gasteiger partial charge in [0, 0.05) is 25.7 Å². The summed E-state index contributed by atoms with van der Waals surface area (Å²) in [6, 6.07) is 0. The van der Waals surface area contributed by atoms with Crippen LogP contribution in [0.25, 0.3) is 0 Å². The lowest BCUT2D eigenvalue weighted by Gasteiger charge is -2.25. The number of carbonyl (C=O) groups excluding carboxylic acids is 1. The second-order valence-corrected chi connectivity index (χ2v) is 6.53. The number of carbonyl (C=O) groups is 1. The van der Waals surface area contributed by atoms with Gasteiger partial charge >= 0.3 is 0 Å². The first-order chi connectivity index (χ1) is 9.73. The van der Waals surface area contributed by atoms with Gasteiger partial charge in [-0.05, 0) is 33.6 Å². The summed E-state index contributed by atoms with van der Waals surface area (Å²) in [6.07, 6.45) is 2.27. The van der Waals surface area contributed by atoms with Gasteiger partial charge < -0.3 is 15.5 Å². The Labute approximate surface area is 130 Å². The van der Waals surface area contributed by atoms with Crippen molar-refractivity contribution in [2.24, 2.45) is 10.9 Å². The number of nitrogens with one attached hydrogen (secondary N) is 2. The molecule has 0 heterocycles. The molecule has 0 unspecified atom stereocenters. The van der Waals surface area contributed by atoms with Crippen molar-refractivity contribution in [3.8, 4) is 0 Å². The van der Waals surface area contributed by atoms with Gasteiger partial charge in [-0.25, -0.2) is 0 Å². The van der Waals surface area contributed by atoms with Gasteiger partial charge in [0.25, 0.3) is 0 Å². The highest BCUT2D eigenvalue weighted by molar-refractivity contribution is 5.86. The molecular weight excluding hydrogens is 264 g/mol. The normalized spacial score (nSPS) is 12.5. The molecule has 2 N–H and O–H groups in total. The van der Waals surface area contributed by atoms with Gasteiger partial charge in [0.05, 0.1) is 6.54 Å². The van der Waals surface area contributed by atoms with E-state index in [0.717, 1.165) is 31.9 Å². The lowest BCUT2D eigenvalue weighted by molar-refractivity contribution is -0.122. The molecule has 0 saturated carbocycles. The molecule has 1 amide bonds. The minimum Gasteiger partial charge on any atom is -0.357 e. The summed E-state index contributed by atoms with van der Waals surface area (Å²) in [5.74, 6) is 1.42. The van der Waals surface area contributed by atoms with Crippen molar-refractivity contribution in [1.82, 2.24) is 15.5 Å². The molecule has 0 aromatic heterocycles. The number of likely N-dealkylation sites (N-methyl/N-ethyl adjacent to an activating group) is 1. The maximum atomic E-state index is 12.0. The van der Waals surface area contributed by atoms with E-state index in [0.29, 0.717) is 12.5 Å². The zero-order valence-electron chi connectivity index (χ0n) is 14.9. The van der Waals surface area contributed by atoms with Gasteiger partial charge in [0.2, 0.25) is 5.91 Å².